The fourth-order valence-electron chi connectivity index (χ4n) is 4.55. The highest BCUT2D eigenvalue weighted by Gasteiger charge is 2.33. The molecule has 0 radical (unpaired) electrons. The summed E-state index contributed by atoms with van der Waals surface area (Å²) >= 11 is 1.18. The van der Waals surface area contributed by atoms with Crippen LogP contribution in [0.4, 0.5) is 9.80 Å². The van der Waals surface area contributed by atoms with Crippen LogP contribution in [0.15, 0.2) is 29.2 Å². The number of nitrogens with one attached hydrogen (secondary N) is 1. The van der Waals surface area contributed by atoms with Gasteiger partial charge in [-0.1, -0.05) is 0 Å². The molecule has 2 aromatic rings. The number of nitrogens with two attached hydrogens (primary N) is 1. The lowest BCUT2D eigenvalue weighted by Gasteiger charge is -2.34. The minimum atomic E-state index is -3.75. The first-order chi connectivity index (χ1) is 17.5. The van der Waals surface area contributed by atoms with Crippen LogP contribution >= 0.6 is 11.3 Å². The van der Waals surface area contributed by atoms with Gasteiger partial charge in [-0.3, -0.25) is 9.59 Å². The van der Waals surface area contributed by atoms with E-state index in [4.69, 9.17) is 15.2 Å². The molecule has 3 heterocycles. The fraction of sp³-hybridized carbons (Fsp3) is 0.458. The molecule has 3 amide bonds. The number of rotatable bonds is 6. The van der Waals surface area contributed by atoms with E-state index in [1.165, 1.54) is 44.8 Å². The number of hydrogen-bond acceptors (Lipinski definition) is 8. The lowest BCUT2D eigenvalue weighted by molar-refractivity contribution is -0.0440. The Morgan fingerprint density at radius 2 is 1.81 bits per heavy atom. The Morgan fingerprint density at radius 1 is 1.16 bits per heavy atom. The van der Waals surface area contributed by atoms with Crippen LogP contribution in [0.2, 0.25) is 0 Å². The van der Waals surface area contributed by atoms with Crippen molar-refractivity contribution < 1.29 is 32.3 Å². The van der Waals surface area contributed by atoms with Crippen LogP contribution < -0.4 is 11.1 Å². The number of carbonyl (C=O) groups excluding carboxylic acids is 3. The number of fused-ring (bicyclic) bond motifs is 1. The van der Waals surface area contributed by atoms with E-state index in [-0.39, 0.29) is 54.5 Å². The maximum Gasteiger partial charge on any atom is 0.410 e. The van der Waals surface area contributed by atoms with E-state index in [9.17, 15) is 22.8 Å². The first-order valence-electron chi connectivity index (χ1n) is 11.9. The SMILES string of the molecule is CCOC(=O)N1CCc2c(sc(NC(=O)c3ccc(S(=O)(=O)N4C[C@@H](C)O[C@H](C)C4)cc3)c2C(N)=O)C1. The molecule has 2 aliphatic heterocycles. The number of benzene rings is 1. The number of morpholine rings is 1. The zero-order chi connectivity index (χ0) is 26.9. The van der Waals surface area contributed by atoms with E-state index < -0.39 is 27.9 Å². The molecule has 11 nitrogen and oxygen atoms in total. The topological polar surface area (TPSA) is 148 Å². The van der Waals surface area contributed by atoms with Crippen LogP contribution in [-0.4, -0.2) is 74.0 Å². The van der Waals surface area contributed by atoms with E-state index in [2.05, 4.69) is 5.32 Å². The lowest BCUT2D eigenvalue weighted by Crippen LogP contribution is -2.48. The maximum atomic E-state index is 13.1. The Morgan fingerprint density at radius 3 is 2.41 bits per heavy atom. The molecule has 0 spiro atoms. The molecule has 1 saturated heterocycles. The van der Waals surface area contributed by atoms with Gasteiger partial charge in [-0.15, -0.1) is 11.3 Å². The summed E-state index contributed by atoms with van der Waals surface area (Å²) < 4.78 is 38.2. The Labute approximate surface area is 219 Å². The quantitative estimate of drug-likeness (QED) is 0.561. The molecule has 0 aliphatic carbocycles. The smallest absolute Gasteiger partial charge is 0.410 e. The Bertz CT molecular complexity index is 1300. The van der Waals surface area contributed by atoms with E-state index >= 15 is 0 Å². The number of primary amides is 1. The van der Waals surface area contributed by atoms with Gasteiger partial charge in [0, 0.05) is 30.1 Å². The van der Waals surface area contributed by atoms with Crippen LogP contribution in [0.25, 0.3) is 0 Å². The summed E-state index contributed by atoms with van der Waals surface area (Å²) in [6.07, 6.45) is -0.471. The highest BCUT2D eigenvalue weighted by molar-refractivity contribution is 7.89. The molecule has 0 bridgehead atoms. The van der Waals surface area contributed by atoms with E-state index in [1.807, 2.05) is 13.8 Å². The third-order valence-electron chi connectivity index (χ3n) is 6.20. The number of carbonyl (C=O) groups is 3. The highest BCUT2D eigenvalue weighted by Crippen LogP contribution is 2.37. The minimum absolute atomic E-state index is 0.0776. The zero-order valence-corrected chi connectivity index (χ0v) is 22.5. The highest BCUT2D eigenvalue weighted by atomic mass is 32.2. The number of anilines is 1. The summed E-state index contributed by atoms with van der Waals surface area (Å²) in [5.41, 5.74) is 6.79. The summed E-state index contributed by atoms with van der Waals surface area (Å²) in [4.78, 5) is 39.7. The van der Waals surface area contributed by atoms with Crippen LogP contribution in [0, 0.1) is 0 Å². The molecule has 4 rings (SSSR count). The second-order valence-corrected chi connectivity index (χ2v) is 12.0. The van der Waals surface area contributed by atoms with Gasteiger partial charge in [-0.25, -0.2) is 13.2 Å². The average molecular weight is 551 g/mol. The molecule has 13 heteroatoms. The van der Waals surface area contributed by atoms with Crippen molar-refractivity contribution in [2.24, 2.45) is 5.73 Å². The molecule has 200 valence electrons. The van der Waals surface area contributed by atoms with Crippen molar-refractivity contribution in [2.75, 3.05) is 31.6 Å². The molecule has 37 heavy (non-hydrogen) atoms. The van der Waals surface area contributed by atoms with Crippen molar-refractivity contribution in [3.63, 3.8) is 0 Å². The van der Waals surface area contributed by atoms with Gasteiger partial charge in [0.15, 0.2) is 0 Å². The van der Waals surface area contributed by atoms with Crippen molar-refractivity contribution >= 4 is 44.3 Å². The molecule has 2 aliphatic rings. The molecule has 3 N–H and O–H groups in total. The Hall–Kier alpha value is -3.00. The number of sulfonamides is 1. The normalized spacial score (nSPS) is 20.2. The average Bonchev–Trinajstić information content (AvgIpc) is 3.20. The van der Waals surface area contributed by atoms with E-state index in [0.717, 1.165) is 4.88 Å². The van der Waals surface area contributed by atoms with Crippen LogP contribution in [0.3, 0.4) is 0 Å². The van der Waals surface area contributed by atoms with Crippen LogP contribution in [0.5, 0.6) is 0 Å². The van der Waals surface area contributed by atoms with Crippen molar-refractivity contribution in [3.8, 4) is 0 Å². The number of thiophene rings is 1. The number of amides is 3. The van der Waals surface area contributed by atoms with E-state index in [1.54, 1.807) is 6.92 Å². The third kappa shape index (κ3) is 5.64. The van der Waals surface area contributed by atoms with Crippen LogP contribution in [-0.2, 0) is 32.5 Å². The molecule has 1 aromatic carbocycles. The molecule has 0 saturated carbocycles. The second kappa shape index (κ2) is 10.8. The number of ether oxygens (including phenoxy) is 2. The summed E-state index contributed by atoms with van der Waals surface area (Å²) in [7, 11) is -3.75. The molecule has 1 aromatic heterocycles. The molecule has 2 atom stereocenters. The molecular formula is C24H30N4O7S2. The van der Waals surface area contributed by atoms with Gasteiger partial charge in [0.1, 0.15) is 5.00 Å². The van der Waals surface area contributed by atoms with E-state index in [0.29, 0.717) is 23.5 Å². The summed E-state index contributed by atoms with van der Waals surface area (Å²) in [6, 6.07) is 5.63. The zero-order valence-electron chi connectivity index (χ0n) is 20.9. The van der Waals surface area contributed by atoms with Gasteiger partial charge < -0.3 is 25.4 Å². The summed E-state index contributed by atoms with van der Waals surface area (Å²) in [5.74, 6) is -1.19. The maximum absolute atomic E-state index is 13.1. The van der Waals surface area contributed by atoms with Gasteiger partial charge in [0.2, 0.25) is 10.0 Å². The Kier molecular flexibility index (Phi) is 7.88. The molecular weight excluding hydrogens is 520 g/mol. The molecule has 1 fully saturated rings. The van der Waals surface area contributed by atoms with Gasteiger partial charge in [0.05, 0.1) is 35.8 Å². The monoisotopic (exact) mass is 550 g/mol. The van der Waals surface area contributed by atoms with Gasteiger partial charge >= 0.3 is 6.09 Å². The lowest BCUT2D eigenvalue weighted by atomic mass is 10.0. The second-order valence-electron chi connectivity index (χ2n) is 9.00. The summed E-state index contributed by atoms with van der Waals surface area (Å²) in [5, 5.41) is 3.03. The standard InChI is InChI=1S/C24H30N4O7S2/c1-4-34-24(31)27-10-9-18-19(13-27)36-23(20(18)21(25)29)26-22(30)16-5-7-17(8-6-16)37(32,33)28-11-14(2)35-15(3)12-28/h5-8,14-15H,4,9-13H2,1-3H3,(H2,25,29)(H,26,30)/t14-,15-/m1/s1. The van der Waals surface area contributed by atoms with Gasteiger partial charge in [0.25, 0.3) is 11.8 Å². The summed E-state index contributed by atoms with van der Waals surface area (Å²) in [6.45, 7) is 6.75. The minimum Gasteiger partial charge on any atom is -0.450 e. The third-order valence-corrected chi connectivity index (χ3v) is 9.17. The number of hydrogen-bond donors (Lipinski definition) is 2. The number of nitrogens with zero attached hydrogens (tertiary/aromatic N) is 2. The van der Waals surface area contributed by atoms with Crippen molar-refractivity contribution in [1.29, 1.82) is 0 Å². The largest absolute Gasteiger partial charge is 0.450 e. The van der Waals surface area contributed by atoms with Crippen molar-refractivity contribution in [2.45, 2.75) is 50.8 Å². The first-order valence-corrected chi connectivity index (χ1v) is 14.2. The molecule has 0 unspecified atom stereocenters. The first kappa shape index (κ1) is 27.0. The fourth-order valence-corrected chi connectivity index (χ4v) is 7.41. The van der Waals surface area contributed by atoms with Crippen molar-refractivity contribution in [3.05, 3.63) is 45.8 Å². The van der Waals surface area contributed by atoms with Gasteiger partial charge in [-0.05, 0) is 57.0 Å². The predicted octanol–water partition coefficient (Wildman–Crippen LogP) is 2.41. The van der Waals surface area contributed by atoms with Gasteiger partial charge in [-0.2, -0.15) is 4.31 Å². The van der Waals surface area contributed by atoms with Crippen LogP contribution in [0.1, 0.15) is 51.9 Å². The predicted molar refractivity (Wildman–Crippen MR) is 137 cm³/mol. The Balaban J connectivity index is 1.52. The van der Waals surface area contributed by atoms with Crippen molar-refractivity contribution in [1.82, 2.24) is 9.21 Å².